The van der Waals surface area contributed by atoms with E-state index in [0.717, 1.165) is 38.8 Å². The van der Waals surface area contributed by atoms with Gasteiger partial charge in [-0.1, -0.05) is 73.7 Å². The smallest absolute Gasteiger partial charge is 1.00 e. The molecular weight excluding hydrogens is 941 g/mol. The van der Waals surface area contributed by atoms with Gasteiger partial charge in [0.05, 0.1) is 0 Å². The van der Waals surface area contributed by atoms with Crippen molar-refractivity contribution in [3.05, 3.63) is 149 Å². The van der Waals surface area contributed by atoms with Crippen LogP contribution in [0.15, 0.2) is 141 Å². The molecule has 0 aliphatic heterocycles. The fourth-order valence-corrected chi connectivity index (χ4v) is 4.60. The average molecular weight is 977 g/mol. The second kappa shape index (κ2) is 26.7. The van der Waals surface area contributed by atoms with Crippen molar-refractivity contribution in [2.45, 2.75) is 27.2 Å². The van der Waals surface area contributed by atoms with E-state index in [1.54, 1.807) is 24.5 Å². The molecule has 0 amide bonds. The summed E-state index contributed by atoms with van der Waals surface area (Å²) < 4.78 is 11.8. The number of benzene rings is 3. The standard InChI is InChI=1S/C14H11NO.C8H7BO3.C8H10.C6H6BrN.CH2O3.2Cs.H/c1-10-6-7-15-12(8-10)14-9-11-4-2-3-5-13(11)16-14;10-9(11)8-5-6-3-1-2-4-7(6)12-8;1-2-8-6-4-3-5-7-8;1-5-2-3-8-6(7)4-5;2-1-4-3;;;/h2-9H,1H3;1-5,10-11H;3-7H,2H2,1H3;2-4H,1H3;1,3H;;;/q;;;;;2*+1;-1/p-1. The zero-order chi connectivity index (χ0) is 34.7. The van der Waals surface area contributed by atoms with E-state index in [4.69, 9.17) is 28.9 Å². The van der Waals surface area contributed by atoms with Crippen molar-refractivity contribution in [3.8, 4) is 11.5 Å². The van der Waals surface area contributed by atoms with Gasteiger partial charge in [-0.25, -0.2) is 4.98 Å². The molecule has 4 heterocycles. The predicted molar refractivity (Wildman–Crippen MR) is 191 cm³/mol. The van der Waals surface area contributed by atoms with E-state index in [-0.39, 0.29) is 151 Å². The van der Waals surface area contributed by atoms with Gasteiger partial charge in [-0.2, -0.15) is 0 Å². The summed E-state index contributed by atoms with van der Waals surface area (Å²) in [6, 6.07) is 37.3. The van der Waals surface area contributed by atoms with Gasteiger partial charge in [0.1, 0.15) is 27.1 Å². The zero-order valence-corrected chi connectivity index (χ0v) is 42.8. The molecule has 4 aromatic heterocycles. The fourth-order valence-electron chi connectivity index (χ4n) is 4.12. The minimum atomic E-state index is -1.53. The summed E-state index contributed by atoms with van der Waals surface area (Å²) in [7, 11) is -1.53. The van der Waals surface area contributed by atoms with Gasteiger partial charge in [0, 0.05) is 23.2 Å². The molecule has 0 saturated carbocycles. The van der Waals surface area contributed by atoms with Crippen molar-refractivity contribution in [1.82, 2.24) is 9.97 Å². The molecule has 248 valence electrons. The summed E-state index contributed by atoms with van der Waals surface area (Å²) in [5, 5.41) is 28.0. The number of hydrogen-bond acceptors (Lipinski definition) is 9. The summed E-state index contributed by atoms with van der Waals surface area (Å²) in [6.07, 6.45) is 4.72. The van der Waals surface area contributed by atoms with Gasteiger partial charge in [0.2, 0.25) is 0 Å². The van der Waals surface area contributed by atoms with Crippen LogP contribution in [0.25, 0.3) is 33.4 Å². The van der Waals surface area contributed by atoms with Gasteiger partial charge < -0.3 is 30.5 Å². The molecule has 0 fully saturated rings. The topological polar surface area (TPSA) is 142 Å². The Hall–Kier alpha value is -0.961. The van der Waals surface area contributed by atoms with E-state index >= 15 is 0 Å². The number of aryl methyl sites for hydroxylation is 3. The van der Waals surface area contributed by atoms with Crippen LogP contribution in [0, 0.1) is 13.8 Å². The molecule has 2 N–H and O–H groups in total. The summed E-state index contributed by atoms with van der Waals surface area (Å²) in [5.74, 6) is 0.824. The van der Waals surface area contributed by atoms with E-state index < -0.39 is 7.12 Å². The third-order valence-corrected chi connectivity index (χ3v) is 6.90. The largest absolute Gasteiger partial charge is 1.00 e. The second-order valence-electron chi connectivity index (χ2n) is 10.1. The summed E-state index contributed by atoms with van der Waals surface area (Å²) in [5.41, 5.74) is 6.46. The maximum atomic E-state index is 8.79. The zero-order valence-electron chi connectivity index (χ0n) is 29.7. The summed E-state index contributed by atoms with van der Waals surface area (Å²) >= 11 is 3.25. The summed E-state index contributed by atoms with van der Waals surface area (Å²) in [6.45, 7) is 6.07. The first-order valence-corrected chi connectivity index (χ1v) is 15.6. The molecule has 13 heteroatoms. The number of pyridine rings is 2. The van der Waals surface area contributed by atoms with Crippen molar-refractivity contribution < 1.29 is 173 Å². The third-order valence-electron chi connectivity index (χ3n) is 6.46. The summed E-state index contributed by atoms with van der Waals surface area (Å²) in [4.78, 5) is 19.5. The van der Waals surface area contributed by atoms with Crippen LogP contribution >= 0.6 is 15.9 Å². The number of furan rings is 2. The molecular formula is C37H36BBrCs2N2O7. The van der Waals surface area contributed by atoms with Gasteiger partial charge in [-0.15, -0.1) is 0 Å². The molecule has 7 aromatic rings. The van der Waals surface area contributed by atoms with E-state index in [0.29, 0.717) is 5.58 Å². The SMILES string of the molecule is CCc1ccccc1.Cc1ccnc(-c2cc3ccccc3o2)c1.Cc1ccnc(Br)c1.O=CO[O-].OB(O)c1cc2ccccc2o1.[Cs+].[Cs+].[H-]. The van der Waals surface area contributed by atoms with Crippen molar-refractivity contribution in [1.29, 1.82) is 0 Å². The van der Waals surface area contributed by atoms with Crippen LogP contribution < -0.4 is 149 Å². The maximum Gasteiger partial charge on any atom is 1.00 e. The van der Waals surface area contributed by atoms with Crippen LogP contribution in [0.5, 0.6) is 0 Å². The number of carbonyl (C=O) groups excluding carboxylic acids is 1. The minimum absolute atomic E-state index is 0. The number of para-hydroxylation sites is 2. The molecule has 0 atom stereocenters. The second-order valence-corrected chi connectivity index (χ2v) is 10.9. The minimum Gasteiger partial charge on any atom is -1.00 e. The Morgan fingerprint density at radius 3 is 1.74 bits per heavy atom. The van der Waals surface area contributed by atoms with Crippen LogP contribution in [0.2, 0.25) is 0 Å². The van der Waals surface area contributed by atoms with Crippen molar-refractivity contribution in [2.75, 3.05) is 0 Å². The first-order chi connectivity index (χ1) is 23.2. The van der Waals surface area contributed by atoms with E-state index in [2.05, 4.69) is 62.0 Å². The van der Waals surface area contributed by atoms with Crippen LogP contribution in [0.1, 0.15) is 25.0 Å². The average Bonchev–Trinajstić information content (AvgIpc) is 3.75. The molecule has 3 aromatic carbocycles. The fraction of sp³-hybridized carbons (Fsp3) is 0.108. The predicted octanol–water partition coefficient (Wildman–Crippen LogP) is 0.873. The first kappa shape index (κ1) is 47.1. The number of rotatable bonds is 4. The van der Waals surface area contributed by atoms with Gasteiger partial charge in [-0.3, -0.25) is 9.78 Å². The Balaban J connectivity index is 0.000000642. The van der Waals surface area contributed by atoms with Crippen LogP contribution in [-0.4, -0.2) is 33.6 Å². The molecule has 7 rings (SSSR count). The van der Waals surface area contributed by atoms with Crippen molar-refractivity contribution >= 4 is 57.1 Å². The molecule has 0 bridgehead atoms. The van der Waals surface area contributed by atoms with E-state index in [1.165, 1.54) is 16.7 Å². The number of carbonyl (C=O) groups is 1. The van der Waals surface area contributed by atoms with Crippen molar-refractivity contribution in [2.24, 2.45) is 0 Å². The monoisotopic (exact) mass is 976 g/mol. The molecule has 0 aliphatic carbocycles. The molecule has 0 saturated heterocycles. The van der Waals surface area contributed by atoms with Gasteiger partial charge in [0.25, 0.3) is 6.47 Å². The Kier molecular flexibility index (Phi) is 25.2. The van der Waals surface area contributed by atoms with Crippen LogP contribution in [0.3, 0.4) is 0 Å². The molecule has 0 aliphatic rings. The quantitative estimate of drug-likeness (QED) is 0.0866. The van der Waals surface area contributed by atoms with Gasteiger partial charge in [-0.05, 0) is 101 Å². The van der Waals surface area contributed by atoms with Gasteiger partial charge in [0.15, 0.2) is 5.76 Å². The molecule has 0 spiro atoms. The molecule has 0 radical (unpaired) electrons. The van der Waals surface area contributed by atoms with E-state index in [1.807, 2.05) is 92.7 Å². The number of halogens is 1. The Labute approximate surface area is 419 Å². The normalized spacial score (nSPS) is 9.34. The van der Waals surface area contributed by atoms with Gasteiger partial charge >= 0.3 is 145 Å². The first-order valence-electron chi connectivity index (χ1n) is 14.8. The number of nitrogens with zero attached hydrogens (tertiary/aromatic N) is 2. The molecule has 50 heavy (non-hydrogen) atoms. The Morgan fingerprint density at radius 2 is 1.30 bits per heavy atom. The number of fused-ring (bicyclic) bond motifs is 2. The third kappa shape index (κ3) is 17.2. The number of hydrogen-bond donors (Lipinski definition) is 2. The van der Waals surface area contributed by atoms with E-state index in [9.17, 15) is 0 Å². The van der Waals surface area contributed by atoms with Crippen LogP contribution in [-0.2, 0) is 16.1 Å². The molecule has 9 nitrogen and oxygen atoms in total. The van der Waals surface area contributed by atoms with Crippen molar-refractivity contribution in [3.63, 3.8) is 0 Å². The molecule has 0 unspecified atom stereocenters. The Morgan fingerprint density at radius 1 is 0.780 bits per heavy atom. The van der Waals surface area contributed by atoms with Crippen LogP contribution in [0.4, 0.5) is 0 Å². The maximum absolute atomic E-state index is 8.79. The Bertz CT molecular complexity index is 1900. The number of aromatic nitrogens is 2.